The van der Waals surface area contributed by atoms with Gasteiger partial charge in [0, 0.05) is 11.3 Å². The molecular weight excluding hydrogens is 292 g/mol. The zero-order chi connectivity index (χ0) is 16.0. The van der Waals surface area contributed by atoms with E-state index in [1.54, 1.807) is 43.3 Å². The second-order valence-electron chi connectivity index (χ2n) is 4.14. The van der Waals surface area contributed by atoms with E-state index in [0.29, 0.717) is 16.1 Å². The Balaban J connectivity index is 0.000000211. The van der Waals surface area contributed by atoms with Gasteiger partial charge in [0.1, 0.15) is 0 Å². The summed E-state index contributed by atoms with van der Waals surface area (Å²) in [6.07, 6.45) is 0. The summed E-state index contributed by atoms with van der Waals surface area (Å²) < 4.78 is 0. The highest BCUT2D eigenvalue weighted by Gasteiger charge is 2.06. The van der Waals surface area contributed by atoms with E-state index in [1.165, 1.54) is 6.07 Å². The van der Waals surface area contributed by atoms with Crippen molar-refractivity contribution >= 4 is 23.2 Å². The van der Waals surface area contributed by atoms with Crippen LogP contribution in [0.3, 0.4) is 0 Å². The maximum absolute atomic E-state index is 10.6. The van der Waals surface area contributed by atoms with E-state index in [2.05, 4.69) is 0 Å². The molecule has 0 aliphatic rings. The fourth-order valence-electron chi connectivity index (χ4n) is 1.49. The number of phenolic OH excluding ortho intramolecular Hbond substituents is 2. The minimum Gasteiger partial charge on any atom is -0.504 e. The molecule has 0 aliphatic heterocycles. The largest absolute Gasteiger partial charge is 0.504 e. The molecule has 0 radical (unpaired) electrons. The van der Waals surface area contributed by atoms with E-state index < -0.39 is 5.91 Å². The molecule has 110 valence electrons. The molecule has 0 unspecified atom stereocenters. The number of halogens is 1. The summed E-state index contributed by atoms with van der Waals surface area (Å²) in [4.78, 5) is 10.6. The molecule has 0 spiro atoms. The van der Waals surface area contributed by atoms with Gasteiger partial charge in [0.15, 0.2) is 11.5 Å². The van der Waals surface area contributed by atoms with Crippen molar-refractivity contribution in [3.63, 3.8) is 0 Å². The number of benzene rings is 2. The third-order valence-electron chi connectivity index (χ3n) is 2.56. The van der Waals surface area contributed by atoms with Crippen LogP contribution in [0.25, 0.3) is 0 Å². The number of para-hydroxylation sites is 1. The molecule has 0 fully saturated rings. The van der Waals surface area contributed by atoms with Crippen LogP contribution in [0.2, 0.25) is 5.02 Å². The summed E-state index contributed by atoms with van der Waals surface area (Å²) in [7, 11) is 0. The SMILES string of the molecule is CC(=N)c1cccc(O)c1O.NC(=O)c1ccccc1Cl. The van der Waals surface area contributed by atoms with E-state index >= 15 is 0 Å². The molecule has 5 nitrogen and oxygen atoms in total. The molecule has 0 atom stereocenters. The van der Waals surface area contributed by atoms with Gasteiger partial charge in [-0.1, -0.05) is 29.8 Å². The summed E-state index contributed by atoms with van der Waals surface area (Å²) in [5.74, 6) is -0.903. The maximum atomic E-state index is 10.6. The first-order chi connectivity index (χ1) is 9.84. The monoisotopic (exact) mass is 306 g/mol. The van der Waals surface area contributed by atoms with E-state index in [0.717, 1.165) is 0 Å². The van der Waals surface area contributed by atoms with E-state index in [-0.39, 0.29) is 17.2 Å². The summed E-state index contributed by atoms with van der Waals surface area (Å²) >= 11 is 5.62. The molecule has 0 heterocycles. The van der Waals surface area contributed by atoms with Crippen LogP contribution in [0.4, 0.5) is 0 Å². The van der Waals surface area contributed by atoms with Crippen LogP contribution in [-0.4, -0.2) is 21.8 Å². The fourth-order valence-corrected chi connectivity index (χ4v) is 1.72. The van der Waals surface area contributed by atoms with Gasteiger partial charge in [-0.3, -0.25) is 4.79 Å². The van der Waals surface area contributed by atoms with Crippen molar-refractivity contribution in [2.24, 2.45) is 5.73 Å². The molecule has 0 saturated heterocycles. The number of nitrogens with two attached hydrogens (primary N) is 1. The molecule has 2 rings (SSSR count). The van der Waals surface area contributed by atoms with E-state index in [9.17, 15) is 9.90 Å². The smallest absolute Gasteiger partial charge is 0.250 e. The van der Waals surface area contributed by atoms with E-state index in [1.807, 2.05) is 0 Å². The Labute approximate surface area is 127 Å². The Bertz CT molecular complexity index is 672. The zero-order valence-electron chi connectivity index (χ0n) is 11.3. The highest BCUT2D eigenvalue weighted by Crippen LogP contribution is 2.28. The van der Waals surface area contributed by atoms with Crippen LogP contribution in [0.5, 0.6) is 11.5 Å². The van der Waals surface area contributed by atoms with Gasteiger partial charge in [0.05, 0.1) is 10.6 Å². The zero-order valence-corrected chi connectivity index (χ0v) is 12.1. The molecule has 6 heteroatoms. The van der Waals surface area contributed by atoms with Gasteiger partial charge in [0.2, 0.25) is 5.91 Å². The topological polar surface area (TPSA) is 107 Å². The van der Waals surface area contributed by atoms with Crippen molar-refractivity contribution in [1.29, 1.82) is 5.41 Å². The number of rotatable bonds is 2. The lowest BCUT2D eigenvalue weighted by atomic mass is 10.1. The van der Waals surface area contributed by atoms with Crippen molar-refractivity contribution in [3.05, 3.63) is 58.6 Å². The van der Waals surface area contributed by atoms with Gasteiger partial charge in [-0.15, -0.1) is 0 Å². The molecule has 0 saturated carbocycles. The van der Waals surface area contributed by atoms with Crippen molar-refractivity contribution in [2.45, 2.75) is 6.92 Å². The Morgan fingerprint density at radius 1 is 1.10 bits per heavy atom. The van der Waals surface area contributed by atoms with Gasteiger partial charge in [-0.2, -0.15) is 0 Å². The summed E-state index contributed by atoms with van der Waals surface area (Å²) in [5.41, 5.74) is 5.96. The van der Waals surface area contributed by atoms with Crippen LogP contribution >= 0.6 is 11.6 Å². The van der Waals surface area contributed by atoms with Gasteiger partial charge >= 0.3 is 0 Å². The van der Waals surface area contributed by atoms with Crippen LogP contribution in [-0.2, 0) is 0 Å². The number of phenols is 2. The molecule has 2 aromatic rings. The van der Waals surface area contributed by atoms with Crippen LogP contribution < -0.4 is 5.73 Å². The number of primary amides is 1. The lowest BCUT2D eigenvalue weighted by molar-refractivity contribution is 0.100. The number of nitrogens with one attached hydrogen (secondary N) is 1. The number of carbonyl (C=O) groups is 1. The first-order valence-corrected chi connectivity index (χ1v) is 6.33. The minimum atomic E-state index is -0.495. The van der Waals surface area contributed by atoms with Crippen LogP contribution in [0.1, 0.15) is 22.8 Å². The first-order valence-electron chi connectivity index (χ1n) is 5.95. The van der Waals surface area contributed by atoms with Crippen LogP contribution in [0.15, 0.2) is 42.5 Å². The number of hydrogen-bond acceptors (Lipinski definition) is 4. The van der Waals surface area contributed by atoms with Gasteiger partial charge in [0.25, 0.3) is 0 Å². The number of hydrogen-bond donors (Lipinski definition) is 4. The third kappa shape index (κ3) is 4.50. The van der Waals surface area contributed by atoms with Crippen molar-refractivity contribution in [1.82, 2.24) is 0 Å². The Morgan fingerprint density at radius 2 is 1.67 bits per heavy atom. The number of amides is 1. The third-order valence-corrected chi connectivity index (χ3v) is 2.89. The number of carbonyl (C=O) groups excluding carboxylic acids is 1. The summed E-state index contributed by atoms with van der Waals surface area (Å²) in [6.45, 7) is 1.55. The van der Waals surface area contributed by atoms with Gasteiger partial charge in [-0.25, -0.2) is 0 Å². The normalized spacial score (nSPS) is 9.43. The lowest BCUT2D eigenvalue weighted by Crippen LogP contribution is -2.10. The summed E-state index contributed by atoms with van der Waals surface area (Å²) in [5, 5.41) is 25.8. The van der Waals surface area contributed by atoms with E-state index in [4.69, 9.17) is 27.9 Å². The minimum absolute atomic E-state index is 0.186. The molecule has 5 N–H and O–H groups in total. The van der Waals surface area contributed by atoms with Crippen LogP contribution in [0, 0.1) is 5.41 Å². The van der Waals surface area contributed by atoms with Crippen molar-refractivity contribution in [2.75, 3.05) is 0 Å². The number of aromatic hydroxyl groups is 2. The lowest BCUT2D eigenvalue weighted by Gasteiger charge is -2.02. The summed E-state index contributed by atoms with van der Waals surface area (Å²) in [6, 6.07) is 11.2. The molecular formula is C15H15ClN2O3. The standard InChI is InChI=1S/C8H9NO2.C7H6ClNO/c1-5(9)6-3-2-4-7(10)8(6)11;8-6-4-2-1-3-5(6)7(9)10/h2-4,9-11H,1H3;1-4H,(H2,9,10). The predicted octanol–water partition coefficient (Wildman–Crippen LogP) is 2.92. The molecule has 0 aromatic heterocycles. The van der Waals surface area contributed by atoms with Crippen molar-refractivity contribution in [3.8, 4) is 11.5 Å². The predicted molar refractivity (Wildman–Crippen MR) is 82.2 cm³/mol. The molecule has 21 heavy (non-hydrogen) atoms. The Kier molecular flexibility index (Phi) is 5.75. The average molecular weight is 307 g/mol. The van der Waals surface area contributed by atoms with Crippen molar-refractivity contribution < 1.29 is 15.0 Å². The molecule has 1 amide bonds. The quantitative estimate of drug-likeness (QED) is 0.506. The molecule has 2 aromatic carbocycles. The maximum Gasteiger partial charge on any atom is 0.250 e. The molecule has 0 aliphatic carbocycles. The fraction of sp³-hybridized carbons (Fsp3) is 0.0667. The van der Waals surface area contributed by atoms with Gasteiger partial charge in [-0.05, 0) is 31.2 Å². The molecule has 0 bridgehead atoms. The average Bonchev–Trinajstić information content (AvgIpc) is 2.42. The Hall–Kier alpha value is -2.53. The highest BCUT2D eigenvalue weighted by atomic mass is 35.5. The van der Waals surface area contributed by atoms with Gasteiger partial charge < -0.3 is 21.4 Å². The second kappa shape index (κ2) is 7.31. The first kappa shape index (κ1) is 16.5. The Morgan fingerprint density at radius 3 is 2.10 bits per heavy atom. The highest BCUT2D eigenvalue weighted by molar-refractivity contribution is 6.33. The second-order valence-corrected chi connectivity index (χ2v) is 4.55.